The van der Waals surface area contributed by atoms with Crippen LogP contribution in [-0.2, 0) is 11.3 Å². The normalized spacial score (nSPS) is 16.4. The predicted molar refractivity (Wildman–Crippen MR) is 112 cm³/mol. The third-order valence-corrected chi connectivity index (χ3v) is 5.97. The van der Waals surface area contributed by atoms with Crippen LogP contribution in [0.5, 0.6) is 0 Å². The second-order valence-electron chi connectivity index (χ2n) is 7.38. The lowest BCUT2D eigenvalue weighted by Crippen LogP contribution is -2.40. The smallest absolute Gasteiger partial charge is 0.256 e. The Bertz CT molecular complexity index is 910. The molecule has 0 bridgehead atoms. The molecule has 5 nitrogen and oxygen atoms in total. The second kappa shape index (κ2) is 10.5. The Hall–Kier alpha value is -2.48. The highest BCUT2D eigenvalue weighted by atomic mass is 32.2. The van der Waals surface area contributed by atoms with Gasteiger partial charge in [0.15, 0.2) is 11.6 Å². The van der Waals surface area contributed by atoms with E-state index in [-0.39, 0.29) is 24.3 Å². The molecule has 1 aromatic heterocycles. The fourth-order valence-electron chi connectivity index (χ4n) is 3.65. The van der Waals surface area contributed by atoms with Crippen LogP contribution in [0.2, 0.25) is 0 Å². The fourth-order valence-corrected chi connectivity index (χ4v) is 4.19. The molecule has 0 spiro atoms. The van der Waals surface area contributed by atoms with E-state index in [1.807, 2.05) is 11.2 Å². The van der Waals surface area contributed by atoms with Crippen LogP contribution in [0.25, 0.3) is 0 Å². The van der Waals surface area contributed by atoms with Gasteiger partial charge < -0.3 is 10.2 Å². The van der Waals surface area contributed by atoms with Gasteiger partial charge in [0.1, 0.15) is 5.03 Å². The first-order valence-corrected chi connectivity index (χ1v) is 11.2. The number of thioether (sulfide) groups is 1. The van der Waals surface area contributed by atoms with Gasteiger partial charge in [-0.3, -0.25) is 9.59 Å². The van der Waals surface area contributed by atoms with Crippen molar-refractivity contribution in [1.82, 2.24) is 15.2 Å². The largest absolute Gasteiger partial charge is 0.352 e. The van der Waals surface area contributed by atoms with E-state index in [4.69, 9.17) is 0 Å². The number of hydrogen-bond donors (Lipinski definition) is 1. The summed E-state index contributed by atoms with van der Waals surface area (Å²) in [7, 11) is 0. The van der Waals surface area contributed by atoms with E-state index in [2.05, 4.69) is 10.3 Å². The highest BCUT2D eigenvalue weighted by Crippen LogP contribution is 2.25. The van der Waals surface area contributed by atoms with E-state index >= 15 is 0 Å². The molecule has 3 rings (SSSR count). The van der Waals surface area contributed by atoms with Gasteiger partial charge in [0.05, 0.1) is 5.56 Å². The summed E-state index contributed by atoms with van der Waals surface area (Å²) in [5.41, 5.74) is 1.13. The molecular weight excluding hydrogens is 408 g/mol. The molecule has 0 unspecified atom stereocenters. The summed E-state index contributed by atoms with van der Waals surface area (Å²) in [6.45, 7) is 1.49. The standard InChI is InChI=1S/C22H25F2N3O2S/c1-30-21-17(5-2-10-25-21)22(29)27-11-3-4-15(14-27)7-9-20(28)26-13-16-6-8-18(23)19(24)12-16/h2,5-6,8,10,12,15H,3-4,7,9,11,13-14H2,1H3,(H,26,28)/t15-/m0/s1. The lowest BCUT2D eigenvalue weighted by molar-refractivity contribution is -0.121. The van der Waals surface area contributed by atoms with Gasteiger partial charge in [0.25, 0.3) is 5.91 Å². The highest BCUT2D eigenvalue weighted by molar-refractivity contribution is 7.98. The number of nitrogens with one attached hydrogen (secondary N) is 1. The van der Waals surface area contributed by atoms with Gasteiger partial charge in [0.2, 0.25) is 5.91 Å². The number of pyridine rings is 1. The van der Waals surface area contributed by atoms with E-state index in [0.29, 0.717) is 37.1 Å². The minimum absolute atomic E-state index is 0.0139. The summed E-state index contributed by atoms with van der Waals surface area (Å²) in [5, 5.41) is 3.46. The number of benzene rings is 1. The number of nitrogens with zero attached hydrogens (tertiary/aromatic N) is 2. The summed E-state index contributed by atoms with van der Waals surface area (Å²) in [6, 6.07) is 7.16. The third kappa shape index (κ3) is 5.78. The number of amides is 2. The molecule has 8 heteroatoms. The van der Waals surface area contributed by atoms with Crippen LogP contribution in [0.15, 0.2) is 41.6 Å². The third-order valence-electron chi connectivity index (χ3n) is 5.25. The summed E-state index contributed by atoms with van der Waals surface area (Å²) >= 11 is 1.45. The Balaban J connectivity index is 1.48. The zero-order chi connectivity index (χ0) is 21.5. The number of rotatable bonds is 7. The lowest BCUT2D eigenvalue weighted by atomic mass is 9.93. The van der Waals surface area contributed by atoms with Gasteiger partial charge in [-0.25, -0.2) is 13.8 Å². The number of carbonyl (C=O) groups is 2. The predicted octanol–water partition coefficient (Wildman–Crippen LogP) is 4.03. The fraction of sp³-hybridized carbons (Fsp3) is 0.409. The maximum absolute atomic E-state index is 13.2. The van der Waals surface area contributed by atoms with Crippen molar-refractivity contribution in [2.24, 2.45) is 5.92 Å². The molecular formula is C22H25F2N3O2S. The summed E-state index contributed by atoms with van der Waals surface area (Å²) < 4.78 is 26.2. The molecule has 1 N–H and O–H groups in total. The van der Waals surface area contributed by atoms with Gasteiger partial charge >= 0.3 is 0 Å². The van der Waals surface area contributed by atoms with Gasteiger partial charge in [-0.15, -0.1) is 11.8 Å². The Kier molecular flexibility index (Phi) is 7.79. The zero-order valence-electron chi connectivity index (χ0n) is 16.9. The van der Waals surface area contributed by atoms with Crippen LogP contribution >= 0.6 is 11.8 Å². The average Bonchev–Trinajstić information content (AvgIpc) is 2.78. The summed E-state index contributed by atoms with van der Waals surface area (Å²) in [5.74, 6) is -1.73. The SMILES string of the molecule is CSc1ncccc1C(=O)N1CCC[C@@H](CCC(=O)NCc2ccc(F)c(F)c2)C1. The maximum Gasteiger partial charge on any atom is 0.256 e. The average molecular weight is 434 g/mol. The molecule has 160 valence electrons. The summed E-state index contributed by atoms with van der Waals surface area (Å²) in [6.07, 6.45) is 6.47. The first-order chi connectivity index (χ1) is 14.5. The summed E-state index contributed by atoms with van der Waals surface area (Å²) in [4.78, 5) is 31.2. The van der Waals surface area contributed by atoms with Gasteiger partial charge in [0, 0.05) is 32.3 Å². The Morgan fingerprint density at radius 2 is 2.10 bits per heavy atom. The molecule has 2 aromatic rings. The van der Waals surface area contributed by atoms with E-state index in [1.165, 1.54) is 17.8 Å². The molecule has 1 aromatic carbocycles. The van der Waals surface area contributed by atoms with E-state index < -0.39 is 11.6 Å². The van der Waals surface area contributed by atoms with E-state index in [9.17, 15) is 18.4 Å². The Morgan fingerprint density at radius 3 is 2.87 bits per heavy atom. The van der Waals surface area contributed by atoms with Crippen molar-refractivity contribution >= 4 is 23.6 Å². The van der Waals surface area contributed by atoms with E-state index in [1.54, 1.807) is 18.3 Å². The molecule has 30 heavy (non-hydrogen) atoms. The number of aromatic nitrogens is 1. The quantitative estimate of drug-likeness (QED) is 0.670. The van der Waals surface area contributed by atoms with Crippen molar-refractivity contribution in [3.63, 3.8) is 0 Å². The first kappa shape index (κ1) is 22.2. The van der Waals surface area contributed by atoms with Crippen molar-refractivity contribution in [2.75, 3.05) is 19.3 Å². The van der Waals surface area contributed by atoms with Gasteiger partial charge in [-0.2, -0.15) is 0 Å². The molecule has 1 saturated heterocycles. The van der Waals surface area contributed by atoms with Crippen molar-refractivity contribution < 1.29 is 18.4 Å². The first-order valence-electron chi connectivity index (χ1n) is 9.97. The Morgan fingerprint density at radius 1 is 1.27 bits per heavy atom. The molecule has 2 amide bonds. The number of carbonyl (C=O) groups excluding carboxylic acids is 2. The lowest BCUT2D eigenvalue weighted by Gasteiger charge is -2.33. The van der Waals surface area contributed by atoms with Crippen molar-refractivity contribution in [2.45, 2.75) is 37.3 Å². The van der Waals surface area contributed by atoms with Crippen molar-refractivity contribution in [1.29, 1.82) is 0 Å². The zero-order valence-corrected chi connectivity index (χ0v) is 17.7. The number of halogens is 2. The molecule has 2 heterocycles. The maximum atomic E-state index is 13.2. The van der Waals surface area contributed by atoms with Crippen LogP contribution in [0, 0.1) is 17.6 Å². The molecule has 1 atom stereocenters. The molecule has 1 aliphatic rings. The number of likely N-dealkylation sites (tertiary alicyclic amines) is 1. The van der Waals surface area contributed by atoms with Gasteiger partial charge in [-0.1, -0.05) is 6.07 Å². The van der Waals surface area contributed by atoms with Gasteiger partial charge in [-0.05, 0) is 61.3 Å². The van der Waals surface area contributed by atoms with Crippen molar-refractivity contribution in [3.05, 3.63) is 59.3 Å². The van der Waals surface area contributed by atoms with E-state index in [0.717, 1.165) is 30.0 Å². The molecule has 0 aliphatic carbocycles. The van der Waals surface area contributed by atoms with Crippen LogP contribution in [0.3, 0.4) is 0 Å². The number of hydrogen-bond acceptors (Lipinski definition) is 4. The number of piperidine rings is 1. The van der Waals surface area contributed by atoms with Crippen LogP contribution in [0.4, 0.5) is 8.78 Å². The molecule has 1 fully saturated rings. The van der Waals surface area contributed by atoms with Crippen LogP contribution in [-0.4, -0.2) is 41.0 Å². The minimum atomic E-state index is -0.924. The minimum Gasteiger partial charge on any atom is -0.352 e. The topological polar surface area (TPSA) is 62.3 Å². The molecule has 0 radical (unpaired) electrons. The van der Waals surface area contributed by atoms with Crippen LogP contribution < -0.4 is 5.32 Å². The van der Waals surface area contributed by atoms with Crippen LogP contribution in [0.1, 0.15) is 41.6 Å². The monoisotopic (exact) mass is 433 g/mol. The molecule has 0 saturated carbocycles. The molecule has 1 aliphatic heterocycles. The Labute approximate surface area is 179 Å². The highest BCUT2D eigenvalue weighted by Gasteiger charge is 2.26. The van der Waals surface area contributed by atoms with Crippen molar-refractivity contribution in [3.8, 4) is 0 Å². The second-order valence-corrected chi connectivity index (χ2v) is 8.18.